The van der Waals surface area contributed by atoms with Crippen molar-refractivity contribution in [3.8, 4) is 11.9 Å². The second-order valence-corrected chi connectivity index (χ2v) is 2.04. The quantitative estimate of drug-likeness (QED) is 0.679. The summed E-state index contributed by atoms with van der Waals surface area (Å²) >= 11 is 0. The van der Waals surface area contributed by atoms with Crippen LogP contribution in [0, 0.1) is 0 Å². The van der Waals surface area contributed by atoms with Gasteiger partial charge in [-0.1, -0.05) is 0 Å². The Bertz CT molecular complexity index is 219. The van der Waals surface area contributed by atoms with Crippen LogP contribution >= 0.6 is 0 Å². The van der Waals surface area contributed by atoms with Crippen LogP contribution in [0.2, 0.25) is 0 Å². The lowest BCUT2D eigenvalue weighted by Crippen LogP contribution is -2.00. The van der Waals surface area contributed by atoms with E-state index in [0.717, 1.165) is 0 Å². The molecule has 0 atom stereocenters. The second-order valence-electron chi connectivity index (χ2n) is 2.04. The highest BCUT2D eigenvalue weighted by atomic mass is 16.5. The Hall–Kier alpha value is -1.32. The molecule has 0 unspecified atom stereocenters. The maximum absolute atomic E-state index is 5.16. The minimum Gasteiger partial charge on any atom is -0.478 e. The second kappa shape index (κ2) is 4.54. The zero-order chi connectivity index (χ0) is 8.81. The molecule has 1 rings (SSSR count). The van der Waals surface area contributed by atoms with Gasteiger partial charge in [0.15, 0.2) is 0 Å². The van der Waals surface area contributed by atoms with E-state index in [1.54, 1.807) is 12.3 Å². The zero-order valence-corrected chi connectivity index (χ0v) is 7.28. The average molecular weight is 168 g/mol. The number of hydrogen-bond donors (Lipinski definition) is 0. The largest absolute Gasteiger partial charge is 0.478 e. The summed E-state index contributed by atoms with van der Waals surface area (Å²) < 4.78 is 10.3. The Morgan fingerprint density at radius 1 is 1.25 bits per heavy atom. The van der Waals surface area contributed by atoms with Crippen LogP contribution in [0.5, 0.6) is 11.9 Å². The van der Waals surface area contributed by atoms with Gasteiger partial charge in [-0.25, -0.2) is 4.98 Å². The molecule has 0 N–H and O–H groups in total. The van der Waals surface area contributed by atoms with Gasteiger partial charge in [0.25, 0.3) is 0 Å². The van der Waals surface area contributed by atoms with Crippen LogP contribution < -0.4 is 9.47 Å². The summed E-state index contributed by atoms with van der Waals surface area (Å²) in [5.74, 6) is 0.552. The van der Waals surface area contributed by atoms with Crippen molar-refractivity contribution in [2.45, 2.75) is 13.8 Å². The van der Waals surface area contributed by atoms with Gasteiger partial charge in [-0.15, -0.1) is 0 Å². The first-order valence-corrected chi connectivity index (χ1v) is 3.95. The number of ether oxygens (including phenoxy) is 2. The standard InChI is InChI=1S/C8H12N2O2/c1-3-11-7-5-6-9-8(10-7)12-4-2/h5-6H,3-4H2,1-2H3. The van der Waals surface area contributed by atoms with E-state index in [1.807, 2.05) is 13.8 Å². The van der Waals surface area contributed by atoms with Crippen molar-refractivity contribution in [3.63, 3.8) is 0 Å². The number of aromatic nitrogens is 2. The lowest BCUT2D eigenvalue weighted by molar-refractivity contribution is 0.289. The van der Waals surface area contributed by atoms with Gasteiger partial charge in [0.05, 0.1) is 13.2 Å². The van der Waals surface area contributed by atoms with Gasteiger partial charge in [-0.3, -0.25) is 0 Å². The van der Waals surface area contributed by atoms with Crippen molar-refractivity contribution in [3.05, 3.63) is 12.3 Å². The molecule has 4 heteroatoms. The highest BCUT2D eigenvalue weighted by molar-refractivity contribution is 5.10. The number of nitrogens with zero attached hydrogens (tertiary/aromatic N) is 2. The highest BCUT2D eigenvalue weighted by Crippen LogP contribution is 2.09. The van der Waals surface area contributed by atoms with E-state index in [4.69, 9.17) is 9.47 Å². The Morgan fingerprint density at radius 2 is 2.00 bits per heavy atom. The zero-order valence-electron chi connectivity index (χ0n) is 7.28. The summed E-state index contributed by atoms with van der Waals surface area (Å²) in [6, 6.07) is 2.06. The Kier molecular flexibility index (Phi) is 3.32. The molecule has 0 spiro atoms. The predicted octanol–water partition coefficient (Wildman–Crippen LogP) is 1.27. The highest BCUT2D eigenvalue weighted by Gasteiger charge is 1.98. The van der Waals surface area contributed by atoms with E-state index in [-0.39, 0.29) is 0 Å². The molecule has 0 fully saturated rings. The first-order valence-electron chi connectivity index (χ1n) is 3.95. The summed E-state index contributed by atoms with van der Waals surface area (Å²) in [5.41, 5.74) is 0. The van der Waals surface area contributed by atoms with Gasteiger partial charge in [0, 0.05) is 12.3 Å². The maximum atomic E-state index is 5.16. The van der Waals surface area contributed by atoms with Crippen LogP contribution in [0.1, 0.15) is 13.8 Å². The predicted molar refractivity (Wildman–Crippen MR) is 44.4 cm³/mol. The molecule has 4 nitrogen and oxygen atoms in total. The van der Waals surface area contributed by atoms with Crippen LogP contribution in [0.4, 0.5) is 0 Å². The molecule has 0 aliphatic carbocycles. The molecule has 66 valence electrons. The maximum Gasteiger partial charge on any atom is 0.319 e. The summed E-state index contributed by atoms with van der Waals surface area (Å²) in [6.07, 6.45) is 1.61. The third kappa shape index (κ3) is 2.38. The molecule has 1 aromatic rings. The molecule has 1 aromatic heterocycles. The average Bonchev–Trinajstić information content (AvgIpc) is 2.06. The SMILES string of the molecule is CCOc1ccnc(OCC)n1. The third-order valence-electron chi connectivity index (χ3n) is 1.17. The summed E-state index contributed by atoms with van der Waals surface area (Å²) in [4.78, 5) is 7.89. The first-order chi connectivity index (χ1) is 5.86. The van der Waals surface area contributed by atoms with E-state index in [2.05, 4.69) is 9.97 Å². The fraction of sp³-hybridized carbons (Fsp3) is 0.500. The van der Waals surface area contributed by atoms with Gasteiger partial charge in [-0.05, 0) is 13.8 Å². The van der Waals surface area contributed by atoms with Crippen LogP contribution in [0.15, 0.2) is 12.3 Å². The lowest BCUT2D eigenvalue weighted by atomic mass is 10.6. The van der Waals surface area contributed by atoms with E-state index >= 15 is 0 Å². The Morgan fingerprint density at radius 3 is 2.67 bits per heavy atom. The van der Waals surface area contributed by atoms with E-state index in [1.165, 1.54) is 0 Å². The van der Waals surface area contributed by atoms with Crippen LogP contribution in [0.25, 0.3) is 0 Å². The van der Waals surface area contributed by atoms with Gasteiger partial charge < -0.3 is 9.47 Å². The van der Waals surface area contributed by atoms with Gasteiger partial charge in [-0.2, -0.15) is 4.98 Å². The molecule has 12 heavy (non-hydrogen) atoms. The van der Waals surface area contributed by atoms with E-state index in [9.17, 15) is 0 Å². The molecule has 0 aromatic carbocycles. The van der Waals surface area contributed by atoms with Crippen LogP contribution in [-0.4, -0.2) is 23.2 Å². The first kappa shape index (κ1) is 8.77. The van der Waals surface area contributed by atoms with Crippen molar-refractivity contribution in [1.29, 1.82) is 0 Å². The molecular weight excluding hydrogens is 156 g/mol. The molecule has 0 aliphatic heterocycles. The van der Waals surface area contributed by atoms with Crippen molar-refractivity contribution in [2.24, 2.45) is 0 Å². The van der Waals surface area contributed by atoms with Gasteiger partial charge in [0.1, 0.15) is 0 Å². The van der Waals surface area contributed by atoms with Crippen molar-refractivity contribution < 1.29 is 9.47 Å². The molecule has 0 amide bonds. The molecule has 0 bridgehead atoms. The Labute approximate surface area is 71.6 Å². The summed E-state index contributed by atoms with van der Waals surface area (Å²) in [5, 5.41) is 0. The van der Waals surface area contributed by atoms with E-state index < -0.39 is 0 Å². The fourth-order valence-corrected chi connectivity index (χ4v) is 0.752. The van der Waals surface area contributed by atoms with Crippen LogP contribution in [-0.2, 0) is 0 Å². The fourth-order valence-electron chi connectivity index (χ4n) is 0.752. The Balaban J connectivity index is 2.67. The van der Waals surface area contributed by atoms with Crippen molar-refractivity contribution in [1.82, 2.24) is 9.97 Å². The van der Waals surface area contributed by atoms with Crippen molar-refractivity contribution in [2.75, 3.05) is 13.2 Å². The molecule has 0 radical (unpaired) electrons. The number of hydrogen-bond acceptors (Lipinski definition) is 4. The van der Waals surface area contributed by atoms with Gasteiger partial charge >= 0.3 is 6.01 Å². The monoisotopic (exact) mass is 168 g/mol. The normalized spacial score (nSPS) is 9.50. The molecule has 0 saturated heterocycles. The molecule has 0 saturated carbocycles. The molecule has 1 heterocycles. The van der Waals surface area contributed by atoms with Gasteiger partial charge in [0.2, 0.25) is 5.88 Å². The third-order valence-corrected chi connectivity index (χ3v) is 1.17. The smallest absolute Gasteiger partial charge is 0.319 e. The molecular formula is C8H12N2O2. The van der Waals surface area contributed by atoms with Crippen LogP contribution in [0.3, 0.4) is 0 Å². The van der Waals surface area contributed by atoms with Crippen molar-refractivity contribution >= 4 is 0 Å². The summed E-state index contributed by atoms with van der Waals surface area (Å²) in [6.45, 7) is 4.96. The lowest BCUT2D eigenvalue weighted by Gasteiger charge is -2.03. The summed E-state index contributed by atoms with van der Waals surface area (Å²) in [7, 11) is 0. The minimum absolute atomic E-state index is 0.364. The minimum atomic E-state index is 0.364. The van der Waals surface area contributed by atoms with E-state index in [0.29, 0.717) is 25.1 Å². The molecule has 0 aliphatic rings. The number of rotatable bonds is 4. The topological polar surface area (TPSA) is 44.2 Å².